The third-order valence-corrected chi connectivity index (χ3v) is 7.48. The molecule has 156 valence electrons. The van der Waals surface area contributed by atoms with E-state index in [2.05, 4.69) is 31.1 Å². The highest BCUT2D eigenvalue weighted by molar-refractivity contribution is 7.92. The molecule has 0 amide bonds. The van der Waals surface area contributed by atoms with Gasteiger partial charge in [0.25, 0.3) is 10.0 Å². The van der Waals surface area contributed by atoms with Crippen molar-refractivity contribution in [3.05, 3.63) is 77.0 Å². The molecule has 1 aromatic heterocycles. The lowest BCUT2D eigenvalue weighted by Crippen LogP contribution is -2.31. The fraction of sp³-hybridized carbons (Fsp3) is 0.292. The van der Waals surface area contributed by atoms with E-state index in [-0.39, 0.29) is 16.9 Å². The highest BCUT2D eigenvalue weighted by atomic mass is 32.2. The second-order valence-electron chi connectivity index (χ2n) is 8.83. The van der Waals surface area contributed by atoms with Gasteiger partial charge in [-0.15, -0.1) is 0 Å². The third kappa shape index (κ3) is 3.45. The second-order valence-corrected chi connectivity index (χ2v) is 10.7. The number of fused-ring (bicyclic) bond motifs is 2. The summed E-state index contributed by atoms with van der Waals surface area (Å²) < 4.78 is 29.1. The molecule has 6 heteroatoms. The maximum absolute atomic E-state index is 13.8. The molecule has 2 heterocycles. The average molecular weight is 422 g/mol. The molecule has 30 heavy (non-hydrogen) atoms. The molecule has 0 bridgehead atoms. The smallest absolute Gasteiger partial charge is 0.264 e. The van der Waals surface area contributed by atoms with Gasteiger partial charge in [0.2, 0.25) is 0 Å². The first-order valence-electron chi connectivity index (χ1n) is 10.0. The van der Waals surface area contributed by atoms with E-state index in [1.165, 1.54) is 4.31 Å². The first-order valence-corrected chi connectivity index (χ1v) is 11.5. The number of hydrogen-bond acceptors (Lipinski definition) is 4. The van der Waals surface area contributed by atoms with Crippen LogP contribution in [0.3, 0.4) is 0 Å². The van der Waals surface area contributed by atoms with E-state index in [4.69, 9.17) is 0 Å². The van der Waals surface area contributed by atoms with Gasteiger partial charge in [0.15, 0.2) is 0 Å². The standard InChI is InChI=1S/C24H27N3O2S/c1-16-8-13-21-22(17(16)2)27(15-18-7-6-14-25-23(18)26-21)30(28,29)20-11-9-19(10-12-20)24(3,4)5/h6-14H,15H2,1-5H3,(H,25,26). The van der Waals surface area contributed by atoms with E-state index in [1.807, 2.05) is 50.2 Å². The Morgan fingerprint density at radius 2 is 1.70 bits per heavy atom. The lowest BCUT2D eigenvalue weighted by molar-refractivity contribution is 0.584. The van der Waals surface area contributed by atoms with Crippen LogP contribution in [-0.2, 0) is 22.0 Å². The van der Waals surface area contributed by atoms with E-state index >= 15 is 0 Å². The maximum Gasteiger partial charge on any atom is 0.264 e. The molecule has 0 fully saturated rings. The van der Waals surface area contributed by atoms with Crippen molar-refractivity contribution in [2.45, 2.75) is 51.5 Å². The first-order chi connectivity index (χ1) is 14.1. The second kappa shape index (κ2) is 7.13. The largest absolute Gasteiger partial charge is 0.338 e. The van der Waals surface area contributed by atoms with Crippen molar-refractivity contribution in [3.63, 3.8) is 0 Å². The molecule has 0 unspecified atom stereocenters. The van der Waals surface area contributed by atoms with E-state index < -0.39 is 10.0 Å². The number of aromatic nitrogens is 1. The van der Waals surface area contributed by atoms with Crippen molar-refractivity contribution < 1.29 is 8.42 Å². The Balaban J connectivity index is 1.89. The Morgan fingerprint density at radius 1 is 1.00 bits per heavy atom. The molecule has 0 saturated heterocycles. The van der Waals surface area contributed by atoms with Crippen LogP contribution >= 0.6 is 0 Å². The summed E-state index contributed by atoms with van der Waals surface area (Å²) in [5, 5.41) is 3.34. The lowest BCUT2D eigenvalue weighted by atomic mass is 9.87. The summed E-state index contributed by atoms with van der Waals surface area (Å²) >= 11 is 0. The predicted octanol–water partition coefficient (Wildman–Crippen LogP) is 5.45. The molecule has 4 rings (SSSR count). The summed E-state index contributed by atoms with van der Waals surface area (Å²) in [7, 11) is -3.78. The molecule has 1 aliphatic heterocycles. The van der Waals surface area contributed by atoms with Crippen LogP contribution in [0.25, 0.3) is 0 Å². The van der Waals surface area contributed by atoms with Gasteiger partial charge in [0.1, 0.15) is 5.82 Å². The molecule has 5 nitrogen and oxygen atoms in total. The van der Waals surface area contributed by atoms with Crippen LogP contribution in [0.4, 0.5) is 17.2 Å². The Morgan fingerprint density at radius 3 is 2.37 bits per heavy atom. The molecular weight excluding hydrogens is 394 g/mol. The van der Waals surface area contributed by atoms with Crippen LogP contribution in [0.1, 0.15) is 43.0 Å². The third-order valence-electron chi connectivity index (χ3n) is 5.72. The Kier molecular flexibility index (Phi) is 4.85. The number of sulfonamides is 1. The molecule has 0 spiro atoms. The minimum atomic E-state index is -3.78. The van der Waals surface area contributed by atoms with Gasteiger partial charge in [0.05, 0.1) is 22.8 Å². The highest BCUT2D eigenvalue weighted by Crippen LogP contribution is 2.41. The predicted molar refractivity (Wildman–Crippen MR) is 122 cm³/mol. The molecule has 3 aromatic rings. The summed E-state index contributed by atoms with van der Waals surface area (Å²) in [6.45, 7) is 10.5. The number of pyridine rings is 1. The van der Waals surface area contributed by atoms with E-state index in [1.54, 1.807) is 18.3 Å². The van der Waals surface area contributed by atoms with Gasteiger partial charge in [-0.05, 0) is 60.2 Å². The first kappa shape index (κ1) is 20.4. The molecule has 1 aliphatic rings. The van der Waals surface area contributed by atoms with Gasteiger partial charge in [0, 0.05) is 11.8 Å². The number of rotatable bonds is 2. The fourth-order valence-corrected chi connectivity index (χ4v) is 5.24. The number of nitrogens with one attached hydrogen (secondary N) is 1. The van der Waals surface area contributed by atoms with Gasteiger partial charge in [-0.3, -0.25) is 4.31 Å². The van der Waals surface area contributed by atoms with Crippen LogP contribution < -0.4 is 9.62 Å². The van der Waals surface area contributed by atoms with Crippen LogP contribution in [0, 0.1) is 13.8 Å². The van der Waals surface area contributed by atoms with Crippen molar-refractivity contribution in [3.8, 4) is 0 Å². The Hall–Kier alpha value is -2.86. The number of nitrogens with zero attached hydrogens (tertiary/aromatic N) is 2. The van der Waals surface area contributed by atoms with Crippen molar-refractivity contribution >= 4 is 27.2 Å². The maximum atomic E-state index is 13.8. The zero-order valence-electron chi connectivity index (χ0n) is 18.0. The van der Waals surface area contributed by atoms with E-state index in [0.717, 1.165) is 27.9 Å². The van der Waals surface area contributed by atoms with Crippen LogP contribution in [-0.4, -0.2) is 13.4 Å². The van der Waals surface area contributed by atoms with E-state index in [9.17, 15) is 8.42 Å². The zero-order valence-corrected chi connectivity index (χ0v) is 18.8. The Labute approximate surface area is 178 Å². The van der Waals surface area contributed by atoms with Gasteiger partial charge >= 0.3 is 0 Å². The summed E-state index contributed by atoms with van der Waals surface area (Å²) in [6, 6.07) is 14.9. The van der Waals surface area contributed by atoms with Gasteiger partial charge < -0.3 is 5.32 Å². The average Bonchev–Trinajstić information content (AvgIpc) is 2.88. The topological polar surface area (TPSA) is 62.3 Å². The quantitative estimate of drug-likeness (QED) is 0.598. The number of hydrogen-bond donors (Lipinski definition) is 1. The van der Waals surface area contributed by atoms with Gasteiger partial charge in [-0.1, -0.05) is 45.0 Å². The van der Waals surface area contributed by atoms with Crippen LogP contribution in [0.5, 0.6) is 0 Å². The molecule has 0 radical (unpaired) electrons. The van der Waals surface area contributed by atoms with Gasteiger partial charge in [-0.2, -0.15) is 0 Å². The van der Waals surface area contributed by atoms with Crippen molar-refractivity contribution in [2.24, 2.45) is 0 Å². The number of anilines is 3. The highest BCUT2D eigenvalue weighted by Gasteiger charge is 2.32. The number of aryl methyl sites for hydroxylation is 1. The van der Waals surface area contributed by atoms with Crippen molar-refractivity contribution in [2.75, 3.05) is 9.62 Å². The van der Waals surface area contributed by atoms with Crippen LogP contribution in [0.2, 0.25) is 0 Å². The summed E-state index contributed by atoms with van der Waals surface area (Å²) in [4.78, 5) is 4.71. The van der Waals surface area contributed by atoms with Crippen molar-refractivity contribution in [1.29, 1.82) is 0 Å². The monoisotopic (exact) mass is 421 g/mol. The zero-order chi connectivity index (χ0) is 21.7. The molecular formula is C24H27N3O2S. The van der Waals surface area contributed by atoms with E-state index in [0.29, 0.717) is 11.5 Å². The normalized spacial score (nSPS) is 13.8. The van der Waals surface area contributed by atoms with Crippen LogP contribution in [0.15, 0.2) is 59.6 Å². The minimum Gasteiger partial charge on any atom is -0.338 e. The summed E-state index contributed by atoms with van der Waals surface area (Å²) in [5.74, 6) is 0.683. The SMILES string of the molecule is Cc1ccc2c(c1C)N(S(=O)(=O)c1ccc(C(C)(C)C)cc1)Cc1cccnc1N2. The number of benzene rings is 2. The fourth-order valence-electron chi connectivity index (χ4n) is 3.72. The van der Waals surface area contributed by atoms with Gasteiger partial charge in [-0.25, -0.2) is 13.4 Å². The molecule has 0 aliphatic carbocycles. The molecule has 0 atom stereocenters. The molecule has 0 saturated carbocycles. The molecule has 1 N–H and O–H groups in total. The minimum absolute atomic E-state index is 0.0419. The molecule has 2 aromatic carbocycles. The summed E-state index contributed by atoms with van der Waals surface area (Å²) in [6.07, 6.45) is 1.71. The van der Waals surface area contributed by atoms with Crippen molar-refractivity contribution in [1.82, 2.24) is 4.98 Å². The lowest BCUT2D eigenvalue weighted by Gasteiger charge is -2.27. The Bertz CT molecular complexity index is 1210. The summed E-state index contributed by atoms with van der Waals surface area (Å²) in [5.41, 5.74) is 5.28.